The molecule has 0 aliphatic heterocycles. The number of methoxy groups -OCH3 is 2. The summed E-state index contributed by atoms with van der Waals surface area (Å²) in [6.45, 7) is 1.57. The number of carbonyl (C=O) groups excluding carboxylic acids is 1. The lowest BCUT2D eigenvalue weighted by molar-refractivity contribution is 0.101. The topological polar surface area (TPSA) is 108 Å². The van der Waals surface area contributed by atoms with Crippen molar-refractivity contribution in [3.8, 4) is 22.8 Å². The number of benzene rings is 2. The van der Waals surface area contributed by atoms with Crippen LogP contribution >= 0.6 is 0 Å². The molecular formula is C20H20N2O6S. The van der Waals surface area contributed by atoms with E-state index in [2.05, 4.69) is 10.5 Å². The molecule has 0 spiro atoms. The maximum atomic E-state index is 12.4. The number of hydrogen-bond acceptors (Lipinski definition) is 7. The van der Waals surface area contributed by atoms with Gasteiger partial charge in [0.05, 0.1) is 24.9 Å². The lowest BCUT2D eigenvalue weighted by Crippen LogP contribution is -2.12. The van der Waals surface area contributed by atoms with Gasteiger partial charge in [-0.05, 0) is 42.5 Å². The summed E-state index contributed by atoms with van der Waals surface area (Å²) in [6, 6.07) is 12.7. The van der Waals surface area contributed by atoms with Gasteiger partial charge in [0.15, 0.2) is 32.8 Å². The summed E-state index contributed by atoms with van der Waals surface area (Å²) in [7, 11) is -0.227. The minimum absolute atomic E-state index is 0.0105. The Morgan fingerprint density at radius 2 is 1.72 bits per heavy atom. The van der Waals surface area contributed by atoms with Crippen LogP contribution in [0.4, 0.5) is 5.69 Å². The highest BCUT2D eigenvalue weighted by Gasteiger charge is 2.16. The van der Waals surface area contributed by atoms with Crippen molar-refractivity contribution in [1.29, 1.82) is 0 Å². The molecule has 29 heavy (non-hydrogen) atoms. The van der Waals surface area contributed by atoms with E-state index in [1.165, 1.54) is 37.4 Å². The van der Waals surface area contributed by atoms with Crippen molar-refractivity contribution in [2.75, 3.05) is 25.3 Å². The first kappa shape index (κ1) is 20.4. The van der Waals surface area contributed by atoms with E-state index < -0.39 is 15.7 Å². The van der Waals surface area contributed by atoms with Crippen molar-refractivity contribution >= 4 is 21.4 Å². The molecule has 3 rings (SSSR count). The molecular weight excluding hydrogens is 396 g/mol. The smallest absolute Gasteiger partial charge is 0.277 e. The number of anilines is 1. The van der Waals surface area contributed by atoms with Crippen molar-refractivity contribution in [3.63, 3.8) is 0 Å². The van der Waals surface area contributed by atoms with Crippen LogP contribution in [0.25, 0.3) is 11.3 Å². The maximum absolute atomic E-state index is 12.4. The van der Waals surface area contributed by atoms with Gasteiger partial charge in [-0.25, -0.2) is 8.42 Å². The van der Waals surface area contributed by atoms with E-state index in [0.29, 0.717) is 28.5 Å². The summed E-state index contributed by atoms with van der Waals surface area (Å²) in [5, 5.41) is 6.46. The van der Waals surface area contributed by atoms with Gasteiger partial charge in [0, 0.05) is 17.3 Å². The van der Waals surface area contributed by atoms with Crippen LogP contribution in [0.5, 0.6) is 11.5 Å². The summed E-state index contributed by atoms with van der Waals surface area (Å²) in [4.78, 5) is 12.6. The van der Waals surface area contributed by atoms with Crippen LogP contribution in [0.3, 0.4) is 0 Å². The first-order valence-electron chi connectivity index (χ1n) is 8.71. The monoisotopic (exact) mass is 416 g/mol. The Balaban J connectivity index is 1.76. The van der Waals surface area contributed by atoms with Crippen molar-refractivity contribution in [3.05, 3.63) is 54.2 Å². The normalized spacial score (nSPS) is 11.1. The molecule has 3 aromatic rings. The fourth-order valence-electron chi connectivity index (χ4n) is 2.62. The Morgan fingerprint density at radius 3 is 2.34 bits per heavy atom. The van der Waals surface area contributed by atoms with E-state index in [9.17, 15) is 13.2 Å². The van der Waals surface area contributed by atoms with Crippen LogP contribution in [0.1, 0.15) is 17.4 Å². The molecule has 0 saturated heterocycles. The van der Waals surface area contributed by atoms with Gasteiger partial charge >= 0.3 is 0 Å². The SMILES string of the molecule is CCS(=O)(=O)c1ccc(NC(=O)c2cc(-c3ccc(OC)c(OC)c3)on2)cc1. The lowest BCUT2D eigenvalue weighted by atomic mass is 10.1. The van der Waals surface area contributed by atoms with Gasteiger partial charge in [-0.3, -0.25) is 4.79 Å². The number of rotatable bonds is 7. The van der Waals surface area contributed by atoms with Gasteiger partial charge in [-0.2, -0.15) is 0 Å². The van der Waals surface area contributed by atoms with Gasteiger partial charge in [-0.1, -0.05) is 12.1 Å². The largest absolute Gasteiger partial charge is 0.493 e. The number of nitrogens with one attached hydrogen (secondary N) is 1. The first-order valence-corrected chi connectivity index (χ1v) is 10.4. The zero-order valence-corrected chi connectivity index (χ0v) is 16.9. The molecule has 0 saturated carbocycles. The van der Waals surface area contributed by atoms with Crippen molar-refractivity contribution in [2.24, 2.45) is 0 Å². The predicted molar refractivity (Wildman–Crippen MR) is 107 cm³/mol. The predicted octanol–water partition coefficient (Wildman–Crippen LogP) is 3.40. The molecule has 0 aliphatic carbocycles. The van der Waals surface area contributed by atoms with Crippen LogP contribution < -0.4 is 14.8 Å². The molecule has 9 heteroatoms. The number of aromatic nitrogens is 1. The molecule has 1 N–H and O–H groups in total. The second-order valence-electron chi connectivity index (χ2n) is 6.03. The molecule has 0 bridgehead atoms. The highest BCUT2D eigenvalue weighted by atomic mass is 32.2. The van der Waals surface area contributed by atoms with Gasteiger partial charge in [-0.15, -0.1) is 0 Å². The van der Waals surface area contributed by atoms with E-state index in [4.69, 9.17) is 14.0 Å². The third-order valence-corrected chi connectivity index (χ3v) is 6.01. The molecule has 0 fully saturated rings. The number of sulfone groups is 1. The molecule has 0 atom stereocenters. The summed E-state index contributed by atoms with van der Waals surface area (Å²) < 4.78 is 39.4. The molecule has 1 heterocycles. The van der Waals surface area contributed by atoms with Gasteiger partial charge in [0.25, 0.3) is 5.91 Å². The summed E-state index contributed by atoms with van der Waals surface area (Å²) >= 11 is 0. The minimum Gasteiger partial charge on any atom is -0.493 e. The van der Waals surface area contributed by atoms with E-state index in [1.54, 1.807) is 32.2 Å². The molecule has 1 aromatic heterocycles. The van der Waals surface area contributed by atoms with Gasteiger partial charge < -0.3 is 19.3 Å². The fourth-order valence-corrected chi connectivity index (χ4v) is 3.50. The average molecular weight is 416 g/mol. The third-order valence-electron chi connectivity index (χ3n) is 4.26. The Morgan fingerprint density at radius 1 is 1.03 bits per heavy atom. The van der Waals surface area contributed by atoms with Crippen LogP contribution in [-0.4, -0.2) is 39.5 Å². The second-order valence-corrected chi connectivity index (χ2v) is 8.31. The van der Waals surface area contributed by atoms with E-state index >= 15 is 0 Å². The summed E-state index contributed by atoms with van der Waals surface area (Å²) in [5.41, 5.74) is 1.20. The Kier molecular flexibility index (Phi) is 5.88. The molecule has 0 radical (unpaired) electrons. The van der Waals surface area contributed by atoms with Crippen LogP contribution in [0.15, 0.2) is 57.9 Å². The number of carbonyl (C=O) groups is 1. The van der Waals surface area contributed by atoms with Crippen LogP contribution in [-0.2, 0) is 9.84 Å². The van der Waals surface area contributed by atoms with Crippen LogP contribution in [0, 0.1) is 0 Å². The fraction of sp³-hybridized carbons (Fsp3) is 0.200. The molecule has 8 nitrogen and oxygen atoms in total. The summed E-state index contributed by atoms with van der Waals surface area (Å²) in [5.74, 6) is 1.01. The average Bonchev–Trinajstić information content (AvgIpc) is 3.24. The highest BCUT2D eigenvalue weighted by Crippen LogP contribution is 2.32. The van der Waals surface area contributed by atoms with Gasteiger partial charge in [0.1, 0.15) is 0 Å². The highest BCUT2D eigenvalue weighted by molar-refractivity contribution is 7.91. The molecule has 1 amide bonds. The maximum Gasteiger partial charge on any atom is 0.277 e. The van der Waals surface area contributed by atoms with E-state index in [0.717, 1.165) is 0 Å². The molecule has 2 aromatic carbocycles. The number of nitrogens with zero attached hydrogens (tertiary/aromatic N) is 1. The van der Waals surface area contributed by atoms with E-state index in [1.807, 2.05) is 0 Å². The van der Waals surface area contributed by atoms with Crippen molar-refractivity contribution in [1.82, 2.24) is 5.16 Å². The first-order chi connectivity index (χ1) is 13.9. The van der Waals surface area contributed by atoms with Crippen LogP contribution in [0.2, 0.25) is 0 Å². The van der Waals surface area contributed by atoms with Crippen molar-refractivity contribution < 1.29 is 27.2 Å². The third kappa shape index (κ3) is 4.40. The molecule has 152 valence electrons. The van der Waals surface area contributed by atoms with E-state index in [-0.39, 0.29) is 16.3 Å². The Hall–Kier alpha value is -3.33. The number of ether oxygens (including phenoxy) is 2. The lowest BCUT2D eigenvalue weighted by Gasteiger charge is -2.07. The number of hydrogen-bond donors (Lipinski definition) is 1. The zero-order chi connectivity index (χ0) is 21.0. The number of amides is 1. The zero-order valence-electron chi connectivity index (χ0n) is 16.1. The second kappa shape index (κ2) is 8.36. The van der Waals surface area contributed by atoms with Gasteiger partial charge in [0.2, 0.25) is 0 Å². The quantitative estimate of drug-likeness (QED) is 0.629. The Labute approximate surface area is 168 Å². The minimum atomic E-state index is -3.29. The Bertz CT molecular complexity index is 1120. The molecule has 0 aliphatic rings. The molecule has 0 unspecified atom stereocenters. The van der Waals surface area contributed by atoms with Crippen molar-refractivity contribution in [2.45, 2.75) is 11.8 Å². The summed E-state index contributed by atoms with van der Waals surface area (Å²) in [6.07, 6.45) is 0. The standard InChI is InChI=1S/C20H20N2O6S/c1-4-29(24,25)15-8-6-14(7-9-15)21-20(23)16-12-18(28-22-16)13-5-10-17(26-2)19(11-13)27-3/h5-12H,4H2,1-3H3,(H,21,23).